The summed E-state index contributed by atoms with van der Waals surface area (Å²) in [5.41, 5.74) is 13.5. The van der Waals surface area contributed by atoms with Gasteiger partial charge >= 0.3 is 0 Å². The average Bonchev–Trinajstić information content (AvgIpc) is 3.76. The third kappa shape index (κ3) is 5.83. The van der Waals surface area contributed by atoms with Crippen LogP contribution in [-0.2, 0) is 5.41 Å². The fraction of sp³-hybridized carbons (Fsp3) is 0.196. The van der Waals surface area contributed by atoms with Gasteiger partial charge in [0.25, 0.3) is 0 Å². The molecule has 0 aliphatic carbocycles. The predicted molar refractivity (Wildman–Crippen MR) is 214 cm³/mol. The number of aryl methyl sites for hydroxylation is 1. The highest BCUT2D eigenvalue weighted by atomic mass is 16.5. The van der Waals surface area contributed by atoms with Crippen molar-refractivity contribution in [3.63, 3.8) is 0 Å². The number of anilines is 2. The Balaban J connectivity index is 1.17. The normalized spacial score (nSPS) is 13.2. The molecule has 0 fully saturated rings. The lowest BCUT2D eigenvalue weighted by atomic mass is 9.88. The highest BCUT2D eigenvalue weighted by Crippen LogP contribution is 2.41. The molecule has 254 valence electrons. The van der Waals surface area contributed by atoms with E-state index in [-0.39, 0.29) is 5.41 Å². The van der Waals surface area contributed by atoms with Crippen LogP contribution in [0, 0.1) is 27.7 Å². The van der Waals surface area contributed by atoms with Crippen molar-refractivity contribution in [3.05, 3.63) is 156 Å². The van der Waals surface area contributed by atoms with Gasteiger partial charge in [-0.1, -0.05) is 69.3 Å². The Morgan fingerprint density at radius 2 is 1.41 bits per heavy atom. The summed E-state index contributed by atoms with van der Waals surface area (Å²) < 4.78 is 8.93. The molecule has 0 saturated carbocycles. The van der Waals surface area contributed by atoms with E-state index in [0.717, 1.165) is 46.1 Å². The predicted octanol–water partition coefficient (Wildman–Crippen LogP) is 11.9. The van der Waals surface area contributed by atoms with Gasteiger partial charge in [-0.05, 0) is 121 Å². The largest absolute Gasteiger partial charge is 0.457 e. The smallest absolute Gasteiger partial charge is 0.137 e. The summed E-state index contributed by atoms with van der Waals surface area (Å²) in [6.45, 7) is 16.3. The molecule has 0 bridgehead atoms. The zero-order valence-corrected chi connectivity index (χ0v) is 30.5. The standard InChI is InChI=1S/C46H44N4O/c1-30-25-42(33(4)32(3)31(30)2)49-24-23-48(29-49)36-15-11-16-37(27-36)51-38-19-20-40-43(28-38)50(44-26-35(21-22-47-44)46(5,6)7)41-18-12-17-39(45(40)41)34-13-9-8-10-14-34/h8-28H,29H2,1-7H3. The van der Waals surface area contributed by atoms with Gasteiger partial charge < -0.3 is 14.5 Å². The van der Waals surface area contributed by atoms with Gasteiger partial charge in [-0.25, -0.2) is 4.98 Å². The quantitative estimate of drug-likeness (QED) is 0.177. The lowest BCUT2D eigenvalue weighted by molar-refractivity contribution is 0.483. The first kappa shape index (κ1) is 32.4. The Morgan fingerprint density at radius 1 is 0.647 bits per heavy atom. The van der Waals surface area contributed by atoms with E-state index in [1.165, 1.54) is 50.0 Å². The maximum absolute atomic E-state index is 6.64. The highest BCUT2D eigenvalue weighted by Gasteiger charge is 2.22. The number of pyridine rings is 1. The van der Waals surface area contributed by atoms with E-state index in [1.807, 2.05) is 12.3 Å². The molecule has 0 amide bonds. The van der Waals surface area contributed by atoms with Crippen LogP contribution in [0.1, 0.15) is 48.6 Å². The first-order valence-corrected chi connectivity index (χ1v) is 17.7. The van der Waals surface area contributed by atoms with Crippen LogP contribution in [-0.4, -0.2) is 16.2 Å². The van der Waals surface area contributed by atoms with Crippen molar-refractivity contribution in [2.75, 3.05) is 16.5 Å². The lowest BCUT2D eigenvalue weighted by Crippen LogP contribution is -2.25. The van der Waals surface area contributed by atoms with Crippen LogP contribution >= 0.6 is 0 Å². The Bertz CT molecular complexity index is 2470. The number of hydrogen-bond acceptors (Lipinski definition) is 4. The van der Waals surface area contributed by atoms with Crippen molar-refractivity contribution in [2.45, 2.75) is 53.9 Å². The number of nitrogens with zero attached hydrogens (tertiary/aromatic N) is 4. The Hall–Kier alpha value is -5.81. The number of ether oxygens (including phenoxy) is 1. The monoisotopic (exact) mass is 668 g/mol. The van der Waals surface area contributed by atoms with E-state index in [0.29, 0.717) is 0 Å². The lowest BCUT2D eigenvalue weighted by Gasteiger charge is -2.25. The van der Waals surface area contributed by atoms with Crippen molar-refractivity contribution in [3.8, 4) is 28.4 Å². The van der Waals surface area contributed by atoms with Crippen LogP contribution < -0.4 is 14.5 Å². The fourth-order valence-electron chi connectivity index (χ4n) is 7.32. The molecule has 0 N–H and O–H groups in total. The molecule has 0 saturated heterocycles. The van der Waals surface area contributed by atoms with Gasteiger partial charge in [-0.3, -0.25) is 4.57 Å². The van der Waals surface area contributed by atoms with E-state index >= 15 is 0 Å². The average molecular weight is 669 g/mol. The molecular formula is C46H44N4O. The van der Waals surface area contributed by atoms with Crippen LogP contribution in [0.3, 0.4) is 0 Å². The summed E-state index contributed by atoms with van der Waals surface area (Å²) in [5.74, 6) is 2.46. The molecule has 8 rings (SSSR count). The Labute approximate surface area is 301 Å². The summed E-state index contributed by atoms with van der Waals surface area (Å²) in [5, 5.41) is 2.36. The summed E-state index contributed by atoms with van der Waals surface area (Å²) in [4.78, 5) is 9.50. The molecule has 0 unspecified atom stereocenters. The molecule has 3 heterocycles. The number of fused-ring (bicyclic) bond motifs is 3. The minimum Gasteiger partial charge on any atom is -0.457 e. The second kappa shape index (κ2) is 12.5. The van der Waals surface area contributed by atoms with Crippen LogP contribution in [0.15, 0.2) is 128 Å². The van der Waals surface area contributed by atoms with Gasteiger partial charge in [0.1, 0.15) is 17.3 Å². The second-order valence-corrected chi connectivity index (χ2v) is 14.8. The highest BCUT2D eigenvalue weighted by molar-refractivity contribution is 6.15. The van der Waals surface area contributed by atoms with Crippen LogP contribution in [0.25, 0.3) is 38.8 Å². The summed E-state index contributed by atoms with van der Waals surface area (Å²) in [7, 11) is 0. The van der Waals surface area contributed by atoms with Crippen molar-refractivity contribution in [1.29, 1.82) is 0 Å². The third-order valence-corrected chi connectivity index (χ3v) is 10.6. The second-order valence-electron chi connectivity index (χ2n) is 14.8. The molecule has 1 aliphatic heterocycles. The first-order chi connectivity index (χ1) is 24.6. The van der Waals surface area contributed by atoms with Crippen molar-refractivity contribution >= 4 is 33.2 Å². The zero-order valence-electron chi connectivity index (χ0n) is 30.5. The molecule has 2 aromatic heterocycles. The van der Waals surface area contributed by atoms with E-state index < -0.39 is 0 Å². The Kier molecular flexibility index (Phi) is 7.94. The molecule has 0 radical (unpaired) electrons. The molecule has 0 spiro atoms. The van der Waals surface area contributed by atoms with Gasteiger partial charge in [0, 0.05) is 52.9 Å². The maximum Gasteiger partial charge on any atom is 0.137 e. The molecule has 0 atom stereocenters. The molecule has 5 nitrogen and oxygen atoms in total. The number of rotatable bonds is 6. The first-order valence-electron chi connectivity index (χ1n) is 17.7. The van der Waals surface area contributed by atoms with E-state index in [1.54, 1.807) is 0 Å². The van der Waals surface area contributed by atoms with E-state index in [2.05, 4.69) is 178 Å². The van der Waals surface area contributed by atoms with Crippen LogP contribution in [0.4, 0.5) is 11.4 Å². The van der Waals surface area contributed by atoms with E-state index in [4.69, 9.17) is 9.72 Å². The number of hydrogen-bond donors (Lipinski definition) is 0. The molecule has 5 heteroatoms. The summed E-state index contributed by atoms with van der Waals surface area (Å²) in [6.07, 6.45) is 6.25. The molecule has 51 heavy (non-hydrogen) atoms. The minimum atomic E-state index is -0.0106. The molecule has 7 aromatic rings. The molecule has 5 aromatic carbocycles. The Morgan fingerprint density at radius 3 is 2.22 bits per heavy atom. The summed E-state index contributed by atoms with van der Waals surface area (Å²) in [6, 6.07) is 38.6. The topological polar surface area (TPSA) is 33.5 Å². The van der Waals surface area contributed by atoms with Gasteiger partial charge in [-0.2, -0.15) is 0 Å². The van der Waals surface area contributed by atoms with Crippen LogP contribution in [0.5, 0.6) is 11.5 Å². The van der Waals surface area contributed by atoms with Crippen molar-refractivity contribution in [1.82, 2.24) is 9.55 Å². The van der Waals surface area contributed by atoms with Crippen LogP contribution in [0.2, 0.25) is 0 Å². The van der Waals surface area contributed by atoms with Crippen molar-refractivity contribution in [2.24, 2.45) is 0 Å². The summed E-state index contributed by atoms with van der Waals surface area (Å²) >= 11 is 0. The van der Waals surface area contributed by atoms with Gasteiger partial charge in [0.05, 0.1) is 17.7 Å². The van der Waals surface area contributed by atoms with Crippen molar-refractivity contribution < 1.29 is 4.74 Å². The molecule has 1 aliphatic rings. The SMILES string of the molecule is Cc1cc(N2C=CN(c3cccc(Oc4ccc5c6c(-c7ccccc7)cccc6n(-c6cc(C(C)(C)C)ccn6)c5c4)c3)C2)c(C)c(C)c1C. The van der Waals surface area contributed by atoms with E-state index in [9.17, 15) is 0 Å². The third-order valence-electron chi connectivity index (χ3n) is 10.6. The number of aromatic nitrogens is 2. The zero-order chi connectivity index (χ0) is 35.4. The maximum atomic E-state index is 6.64. The van der Waals surface area contributed by atoms with Gasteiger partial charge in [0.2, 0.25) is 0 Å². The van der Waals surface area contributed by atoms with Gasteiger partial charge in [-0.15, -0.1) is 0 Å². The minimum absolute atomic E-state index is 0.0106. The van der Waals surface area contributed by atoms with Gasteiger partial charge in [0.15, 0.2) is 0 Å². The fourth-order valence-corrected chi connectivity index (χ4v) is 7.32. The number of benzene rings is 5. The molecular weight excluding hydrogens is 625 g/mol.